The number of amides is 2. The van der Waals surface area contributed by atoms with Gasteiger partial charge in [-0.15, -0.1) is 0 Å². The number of hydrogen-bond donors (Lipinski definition) is 1. The van der Waals surface area contributed by atoms with E-state index in [0.29, 0.717) is 37.5 Å². The number of aryl methyl sites for hydroxylation is 1. The van der Waals surface area contributed by atoms with Gasteiger partial charge in [0.05, 0.1) is 0 Å². The van der Waals surface area contributed by atoms with E-state index >= 15 is 0 Å². The molecule has 2 aromatic rings. The Morgan fingerprint density at radius 2 is 1.61 bits per heavy atom. The fourth-order valence-corrected chi connectivity index (χ4v) is 4.35. The van der Waals surface area contributed by atoms with Crippen molar-refractivity contribution in [2.75, 3.05) is 31.1 Å². The zero-order valence-electron chi connectivity index (χ0n) is 20.6. The van der Waals surface area contributed by atoms with Crippen LogP contribution in [-0.4, -0.2) is 53.6 Å². The predicted molar refractivity (Wildman–Crippen MR) is 131 cm³/mol. The lowest BCUT2D eigenvalue weighted by Gasteiger charge is -2.34. The summed E-state index contributed by atoms with van der Waals surface area (Å²) in [6.07, 6.45) is 2.33. The molecule has 2 heterocycles. The number of rotatable bonds is 5. The molecule has 3 rings (SSSR count). The third kappa shape index (κ3) is 7.20. The number of benzene rings is 1. The van der Waals surface area contributed by atoms with Crippen LogP contribution in [0.4, 0.5) is 10.6 Å². The van der Waals surface area contributed by atoms with Crippen LogP contribution < -0.4 is 15.0 Å². The quantitative estimate of drug-likeness (QED) is 0.714. The Hall–Kier alpha value is -3.09. The second kappa shape index (κ2) is 9.81. The standard InChI is InChI=1S/C26H36N4O3/c1-19-7-12-22(27-17-19)29-13-15-30(16-14-29)24(32)33-21-10-8-20(9-11-21)23(31)28-26(5,6)18-25(2,3)4/h7-12,17H,13-16,18H2,1-6H3,(H,28,31). The molecule has 0 atom stereocenters. The van der Waals surface area contributed by atoms with Crippen LogP contribution in [0.25, 0.3) is 0 Å². The summed E-state index contributed by atoms with van der Waals surface area (Å²) in [5.74, 6) is 1.21. The Morgan fingerprint density at radius 1 is 0.970 bits per heavy atom. The Balaban J connectivity index is 1.51. The van der Waals surface area contributed by atoms with E-state index in [4.69, 9.17) is 4.74 Å². The van der Waals surface area contributed by atoms with E-state index in [1.165, 1.54) is 0 Å². The number of anilines is 1. The third-order valence-electron chi connectivity index (χ3n) is 5.50. The summed E-state index contributed by atoms with van der Waals surface area (Å²) in [6, 6.07) is 10.7. The number of nitrogens with one attached hydrogen (secondary N) is 1. The highest BCUT2D eigenvalue weighted by molar-refractivity contribution is 5.94. The van der Waals surface area contributed by atoms with Crippen molar-refractivity contribution in [1.82, 2.24) is 15.2 Å². The first-order valence-electron chi connectivity index (χ1n) is 11.5. The first-order chi connectivity index (χ1) is 15.4. The number of ether oxygens (including phenoxy) is 1. The number of carbonyl (C=O) groups is 2. The molecule has 0 saturated carbocycles. The van der Waals surface area contributed by atoms with Gasteiger partial charge in [-0.3, -0.25) is 4.79 Å². The molecular weight excluding hydrogens is 416 g/mol. The molecule has 33 heavy (non-hydrogen) atoms. The average Bonchev–Trinajstić information content (AvgIpc) is 2.73. The minimum Gasteiger partial charge on any atom is -0.410 e. The van der Waals surface area contributed by atoms with Gasteiger partial charge < -0.3 is 19.9 Å². The maximum absolute atomic E-state index is 12.7. The van der Waals surface area contributed by atoms with E-state index < -0.39 is 0 Å². The molecule has 7 nitrogen and oxygen atoms in total. The second-order valence-corrected chi connectivity index (χ2v) is 10.6. The largest absolute Gasteiger partial charge is 0.415 e. The first-order valence-corrected chi connectivity index (χ1v) is 11.5. The Morgan fingerprint density at radius 3 is 2.15 bits per heavy atom. The summed E-state index contributed by atoms with van der Waals surface area (Å²) in [4.78, 5) is 33.6. The zero-order chi connectivity index (χ0) is 24.2. The van der Waals surface area contributed by atoms with E-state index in [1.54, 1.807) is 29.2 Å². The highest BCUT2D eigenvalue weighted by Crippen LogP contribution is 2.27. The molecule has 0 aliphatic carbocycles. The molecule has 1 aromatic carbocycles. The number of pyridine rings is 1. The maximum Gasteiger partial charge on any atom is 0.415 e. The van der Waals surface area contributed by atoms with E-state index in [1.807, 2.05) is 39.1 Å². The summed E-state index contributed by atoms with van der Waals surface area (Å²) >= 11 is 0. The van der Waals surface area contributed by atoms with Gasteiger partial charge in [0, 0.05) is 43.5 Å². The molecular formula is C26H36N4O3. The molecule has 1 aliphatic rings. The molecule has 0 spiro atoms. The van der Waals surface area contributed by atoms with Gasteiger partial charge in [-0.05, 0) is 68.5 Å². The van der Waals surface area contributed by atoms with Crippen molar-refractivity contribution in [3.8, 4) is 5.75 Å². The van der Waals surface area contributed by atoms with E-state index in [0.717, 1.165) is 17.8 Å². The summed E-state index contributed by atoms with van der Waals surface area (Å²) in [7, 11) is 0. The molecule has 1 aliphatic heterocycles. The topological polar surface area (TPSA) is 74.8 Å². The Labute approximate surface area is 197 Å². The van der Waals surface area contributed by atoms with Crippen molar-refractivity contribution in [2.45, 2.75) is 53.5 Å². The summed E-state index contributed by atoms with van der Waals surface area (Å²) in [5, 5.41) is 3.10. The van der Waals surface area contributed by atoms with Crippen LogP contribution in [0, 0.1) is 12.3 Å². The van der Waals surface area contributed by atoms with Crippen molar-refractivity contribution in [1.29, 1.82) is 0 Å². The van der Waals surface area contributed by atoms with Crippen LogP contribution in [0.15, 0.2) is 42.6 Å². The summed E-state index contributed by atoms with van der Waals surface area (Å²) in [6.45, 7) is 15.1. The van der Waals surface area contributed by atoms with Gasteiger partial charge in [-0.2, -0.15) is 0 Å². The van der Waals surface area contributed by atoms with E-state index in [2.05, 4.69) is 36.0 Å². The lowest BCUT2D eigenvalue weighted by Crippen LogP contribution is -2.49. The number of nitrogens with zero attached hydrogens (tertiary/aromatic N) is 3. The van der Waals surface area contributed by atoms with Crippen LogP contribution in [0.2, 0.25) is 0 Å². The molecule has 7 heteroatoms. The van der Waals surface area contributed by atoms with Crippen molar-refractivity contribution in [3.05, 3.63) is 53.7 Å². The van der Waals surface area contributed by atoms with Crippen LogP contribution in [0.5, 0.6) is 5.75 Å². The maximum atomic E-state index is 12.7. The fraction of sp³-hybridized carbons (Fsp3) is 0.500. The molecule has 1 aromatic heterocycles. The molecule has 1 N–H and O–H groups in total. The van der Waals surface area contributed by atoms with Crippen molar-refractivity contribution in [3.63, 3.8) is 0 Å². The number of aromatic nitrogens is 1. The van der Waals surface area contributed by atoms with Gasteiger partial charge in [0.2, 0.25) is 0 Å². The van der Waals surface area contributed by atoms with Crippen molar-refractivity contribution in [2.24, 2.45) is 5.41 Å². The minimum absolute atomic E-state index is 0.108. The highest BCUT2D eigenvalue weighted by atomic mass is 16.6. The van der Waals surface area contributed by atoms with Crippen molar-refractivity contribution >= 4 is 17.8 Å². The average molecular weight is 453 g/mol. The minimum atomic E-state index is -0.380. The van der Waals surface area contributed by atoms with E-state index in [9.17, 15) is 9.59 Å². The SMILES string of the molecule is Cc1ccc(N2CCN(C(=O)Oc3ccc(C(=O)NC(C)(C)CC(C)(C)C)cc3)CC2)nc1. The Bertz CT molecular complexity index is 955. The lowest BCUT2D eigenvalue weighted by atomic mass is 9.81. The highest BCUT2D eigenvalue weighted by Gasteiger charge is 2.27. The van der Waals surface area contributed by atoms with Gasteiger partial charge in [0.25, 0.3) is 5.91 Å². The van der Waals surface area contributed by atoms with Crippen LogP contribution in [0.3, 0.4) is 0 Å². The first kappa shape index (κ1) is 24.6. The second-order valence-electron chi connectivity index (χ2n) is 10.6. The summed E-state index contributed by atoms with van der Waals surface area (Å²) in [5.41, 5.74) is 1.45. The molecule has 0 unspecified atom stereocenters. The van der Waals surface area contributed by atoms with E-state index in [-0.39, 0.29) is 23.0 Å². The smallest absolute Gasteiger partial charge is 0.410 e. The molecule has 0 bridgehead atoms. The zero-order valence-corrected chi connectivity index (χ0v) is 20.6. The molecule has 1 fully saturated rings. The predicted octanol–water partition coefficient (Wildman–Crippen LogP) is 4.66. The van der Waals surface area contributed by atoms with Crippen LogP contribution >= 0.6 is 0 Å². The number of piperazine rings is 1. The normalized spacial score (nSPS) is 14.7. The fourth-order valence-electron chi connectivity index (χ4n) is 4.35. The van der Waals surface area contributed by atoms with Gasteiger partial charge in [0.1, 0.15) is 11.6 Å². The Kier molecular flexibility index (Phi) is 7.30. The van der Waals surface area contributed by atoms with Crippen LogP contribution in [-0.2, 0) is 0 Å². The number of carbonyl (C=O) groups excluding carboxylic acids is 2. The molecule has 0 radical (unpaired) electrons. The molecule has 1 saturated heterocycles. The van der Waals surface area contributed by atoms with Crippen LogP contribution in [0.1, 0.15) is 57.0 Å². The van der Waals surface area contributed by atoms with Gasteiger partial charge in [-0.25, -0.2) is 9.78 Å². The molecule has 2 amide bonds. The summed E-state index contributed by atoms with van der Waals surface area (Å²) < 4.78 is 5.53. The van der Waals surface area contributed by atoms with Gasteiger partial charge in [0.15, 0.2) is 0 Å². The lowest BCUT2D eigenvalue weighted by molar-refractivity contribution is 0.0891. The monoisotopic (exact) mass is 452 g/mol. The van der Waals surface area contributed by atoms with Gasteiger partial charge >= 0.3 is 6.09 Å². The molecule has 178 valence electrons. The number of hydrogen-bond acceptors (Lipinski definition) is 5. The van der Waals surface area contributed by atoms with Crippen molar-refractivity contribution < 1.29 is 14.3 Å². The van der Waals surface area contributed by atoms with Gasteiger partial charge in [-0.1, -0.05) is 26.8 Å². The third-order valence-corrected chi connectivity index (χ3v) is 5.50.